The molecular formula is C16H21FN2O2. The summed E-state index contributed by atoms with van der Waals surface area (Å²) in [6.45, 7) is 5.34. The first-order chi connectivity index (χ1) is 10.1. The molecule has 1 aliphatic rings. The Balaban J connectivity index is 1.84. The number of amides is 2. The van der Waals surface area contributed by atoms with Crippen LogP contribution in [0.25, 0.3) is 0 Å². The van der Waals surface area contributed by atoms with E-state index in [1.54, 1.807) is 23.1 Å². The van der Waals surface area contributed by atoms with Crippen molar-refractivity contribution in [3.8, 4) is 0 Å². The van der Waals surface area contributed by atoms with Gasteiger partial charge in [-0.05, 0) is 26.3 Å². The third-order valence-electron chi connectivity index (χ3n) is 3.93. The highest BCUT2D eigenvalue weighted by Gasteiger charge is 2.49. The summed E-state index contributed by atoms with van der Waals surface area (Å²) in [7, 11) is 0. The summed E-state index contributed by atoms with van der Waals surface area (Å²) in [6.07, 6.45) is 0.596. The van der Waals surface area contributed by atoms with Gasteiger partial charge in [0.25, 0.3) is 0 Å². The van der Waals surface area contributed by atoms with Crippen molar-refractivity contribution in [2.45, 2.75) is 26.8 Å². The molecule has 1 aliphatic carbocycles. The minimum Gasteiger partial charge on any atom is -0.352 e. The van der Waals surface area contributed by atoms with Gasteiger partial charge in [0.1, 0.15) is 5.82 Å². The highest BCUT2D eigenvalue weighted by Crippen LogP contribution is 2.40. The van der Waals surface area contributed by atoms with Gasteiger partial charge >= 0.3 is 0 Å². The quantitative estimate of drug-likeness (QED) is 0.871. The molecule has 2 rings (SSSR count). The van der Waals surface area contributed by atoms with Crippen molar-refractivity contribution < 1.29 is 14.0 Å². The molecule has 0 aliphatic heterocycles. The fraction of sp³-hybridized carbons (Fsp3) is 0.500. The van der Waals surface area contributed by atoms with Gasteiger partial charge < -0.3 is 10.2 Å². The lowest BCUT2D eigenvalue weighted by atomic mass is 10.2. The number of rotatable bonds is 6. The van der Waals surface area contributed by atoms with Crippen LogP contribution < -0.4 is 5.32 Å². The van der Waals surface area contributed by atoms with Crippen LogP contribution in [0.15, 0.2) is 24.3 Å². The van der Waals surface area contributed by atoms with E-state index >= 15 is 0 Å². The molecule has 2 amide bonds. The third kappa shape index (κ3) is 3.60. The summed E-state index contributed by atoms with van der Waals surface area (Å²) in [5, 5.41) is 2.71. The number of carbonyl (C=O) groups excluding carboxylic acids is 2. The highest BCUT2D eigenvalue weighted by molar-refractivity contribution is 5.92. The van der Waals surface area contributed by atoms with Crippen LogP contribution in [0.3, 0.4) is 0 Å². The Bertz CT molecular complexity index is 529. The summed E-state index contributed by atoms with van der Waals surface area (Å²) in [5.41, 5.74) is 0.457. The van der Waals surface area contributed by atoms with Crippen LogP contribution in [0.4, 0.5) is 4.39 Å². The Morgan fingerprint density at radius 1 is 1.24 bits per heavy atom. The maximum Gasteiger partial charge on any atom is 0.226 e. The number of nitrogens with one attached hydrogen (secondary N) is 1. The molecule has 0 spiro atoms. The first kappa shape index (κ1) is 15.5. The van der Waals surface area contributed by atoms with Gasteiger partial charge in [0, 0.05) is 25.2 Å². The predicted molar refractivity (Wildman–Crippen MR) is 77.8 cm³/mol. The van der Waals surface area contributed by atoms with Crippen LogP contribution in [-0.2, 0) is 16.1 Å². The van der Waals surface area contributed by atoms with Gasteiger partial charge in [0.05, 0.1) is 11.8 Å². The fourth-order valence-corrected chi connectivity index (χ4v) is 2.48. The van der Waals surface area contributed by atoms with Gasteiger partial charge in [0.2, 0.25) is 11.8 Å². The number of hydrogen-bond donors (Lipinski definition) is 1. The molecule has 114 valence electrons. The molecule has 1 saturated carbocycles. The second kappa shape index (κ2) is 6.70. The maximum absolute atomic E-state index is 13.4. The van der Waals surface area contributed by atoms with Crippen LogP contribution in [-0.4, -0.2) is 29.8 Å². The van der Waals surface area contributed by atoms with E-state index < -0.39 is 0 Å². The minimum atomic E-state index is -0.329. The number of hydrogen-bond acceptors (Lipinski definition) is 2. The molecule has 0 radical (unpaired) electrons. The Hall–Kier alpha value is -1.91. The molecule has 0 aromatic heterocycles. The predicted octanol–water partition coefficient (Wildman–Crippen LogP) is 1.95. The van der Waals surface area contributed by atoms with Crippen LogP contribution in [0.5, 0.6) is 0 Å². The van der Waals surface area contributed by atoms with Gasteiger partial charge in [-0.1, -0.05) is 18.2 Å². The van der Waals surface area contributed by atoms with Crippen LogP contribution in [0.2, 0.25) is 0 Å². The van der Waals surface area contributed by atoms with Gasteiger partial charge in [0.15, 0.2) is 0 Å². The van der Waals surface area contributed by atoms with E-state index in [9.17, 15) is 14.0 Å². The van der Waals surface area contributed by atoms with E-state index in [2.05, 4.69) is 5.32 Å². The lowest BCUT2D eigenvalue weighted by molar-refractivity contribution is -0.134. The number of benzene rings is 1. The molecule has 2 atom stereocenters. The average molecular weight is 292 g/mol. The van der Waals surface area contributed by atoms with Gasteiger partial charge in [-0.3, -0.25) is 9.59 Å². The zero-order valence-electron chi connectivity index (χ0n) is 12.4. The van der Waals surface area contributed by atoms with Crippen molar-refractivity contribution >= 4 is 11.8 Å². The van der Waals surface area contributed by atoms with Crippen LogP contribution in [0, 0.1) is 17.7 Å². The van der Waals surface area contributed by atoms with E-state index in [1.807, 2.05) is 13.8 Å². The average Bonchev–Trinajstić information content (AvgIpc) is 3.28. The van der Waals surface area contributed by atoms with Crippen molar-refractivity contribution in [1.29, 1.82) is 0 Å². The van der Waals surface area contributed by atoms with Crippen molar-refractivity contribution in [2.24, 2.45) is 11.8 Å². The normalized spacial score (nSPS) is 20.0. The first-order valence-electron chi connectivity index (χ1n) is 7.38. The van der Waals surface area contributed by atoms with Crippen molar-refractivity contribution in [2.75, 3.05) is 13.1 Å². The molecule has 0 saturated heterocycles. The number of halogens is 1. The third-order valence-corrected chi connectivity index (χ3v) is 3.93. The van der Waals surface area contributed by atoms with Crippen molar-refractivity contribution in [3.05, 3.63) is 35.6 Å². The van der Waals surface area contributed by atoms with E-state index in [-0.39, 0.29) is 36.0 Å². The van der Waals surface area contributed by atoms with Crippen molar-refractivity contribution in [3.63, 3.8) is 0 Å². The smallest absolute Gasteiger partial charge is 0.226 e. The zero-order chi connectivity index (χ0) is 15.4. The lowest BCUT2D eigenvalue weighted by Crippen LogP contribution is -2.34. The van der Waals surface area contributed by atoms with Gasteiger partial charge in [-0.2, -0.15) is 0 Å². The number of carbonyl (C=O) groups is 2. The topological polar surface area (TPSA) is 49.4 Å². The van der Waals surface area contributed by atoms with E-state index in [0.29, 0.717) is 25.1 Å². The summed E-state index contributed by atoms with van der Waals surface area (Å²) in [4.78, 5) is 25.8. The molecule has 1 fully saturated rings. The molecular weight excluding hydrogens is 271 g/mol. The van der Waals surface area contributed by atoms with Crippen LogP contribution in [0.1, 0.15) is 25.8 Å². The molecule has 2 unspecified atom stereocenters. The molecule has 1 aromatic rings. The fourth-order valence-electron chi connectivity index (χ4n) is 2.48. The highest BCUT2D eigenvalue weighted by atomic mass is 19.1. The molecule has 0 bridgehead atoms. The van der Waals surface area contributed by atoms with Gasteiger partial charge in [-0.25, -0.2) is 4.39 Å². The van der Waals surface area contributed by atoms with Gasteiger partial charge in [-0.15, -0.1) is 0 Å². The molecule has 5 heteroatoms. The standard InChI is InChI=1S/C16H21FN2O2/c1-3-19(4-2)16(21)13-9-12(13)15(20)18-10-11-7-5-6-8-14(11)17/h5-8,12-13H,3-4,9-10H2,1-2H3,(H,18,20). The van der Waals surface area contributed by atoms with E-state index in [4.69, 9.17) is 0 Å². The minimum absolute atomic E-state index is 0.0473. The van der Waals surface area contributed by atoms with Crippen LogP contribution >= 0.6 is 0 Å². The SMILES string of the molecule is CCN(CC)C(=O)C1CC1C(=O)NCc1ccccc1F. The van der Waals surface area contributed by atoms with E-state index in [1.165, 1.54) is 6.07 Å². The molecule has 4 nitrogen and oxygen atoms in total. The molecule has 0 heterocycles. The summed E-state index contributed by atoms with van der Waals surface area (Å²) in [5.74, 6) is -0.908. The largest absolute Gasteiger partial charge is 0.352 e. The lowest BCUT2D eigenvalue weighted by Gasteiger charge is -2.18. The molecule has 1 aromatic carbocycles. The Labute approximate surface area is 124 Å². The van der Waals surface area contributed by atoms with E-state index in [0.717, 1.165) is 0 Å². The first-order valence-corrected chi connectivity index (χ1v) is 7.38. The summed E-state index contributed by atoms with van der Waals surface area (Å²) in [6, 6.07) is 6.35. The summed E-state index contributed by atoms with van der Waals surface area (Å²) < 4.78 is 13.4. The summed E-state index contributed by atoms with van der Waals surface area (Å²) >= 11 is 0. The Kier molecular flexibility index (Phi) is 4.94. The van der Waals surface area contributed by atoms with Crippen molar-refractivity contribution in [1.82, 2.24) is 10.2 Å². The second-order valence-electron chi connectivity index (χ2n) is 5.27. The molecule has 1 N–H and O–H groups in total. The Morgan fingerprint density at radius 2 is 1.90 bits per heavy atom. The zero-order valence-corrected chi connectivity index (χ0v) is 12.4. The second-order valence-corrected chi connectivity index (χ2v) is 5.27. The monoisotopic (exact) mass is 292 g/mol. The Morgan fingerprint density at radius 3 is 2.52 bits per heavy atom. The number of nitrogens with zero attached hydrogens (tertiary/aromatic N) is 1. The maximum atomic E-state index is 13.4. The molecule has 21 heavy (non-hydrogen) atoms.